The molecule has 0 unspecified atom stereocenters. The summed E-state index contributed by atoms with van der Waals surface area (Å²) >= 11 is 13.7. The Labute approximate surface area is 535 Å². The van der Waals surface area contributed by atoms with Gasteiger partial charge in [0.25, 0.3) is 0 Å². The van der Waals surface area contributed by atoms with E-state index in [9.17, 15) is 0 Å². The monoisotopic (exact) mass is 1300 g/mol. The zero-order valence-electron chi connectivity index (χ0n) is 56.9. The van der Waals surface area contributed by atoms with Gasteiger partial charge in [-0.3, -0.25) is 0 Å². The molecule has 0 aliphatic heterocycles. The molecule has 0 atom stereocenters. The third-order valence-corrected chi connectivity index (χ3v) is 28.8. The van der Waals surface area contributed by atoms with Gasteiger partial charge in [0.05, 0.1) is 0 Å². The van der Waals surface area contributed by atoms with Crippen LogP contribution >= 0.6 is 53.0 Å². The molecule has 0 nitrogen and oxygen atoms in total. The Morgan fingerprint density at radius 2 is 0.458 bits per heavy atom. The highest BCUT2D eigenvalue weighted by Crippen LogP contribution is 2.60. The van der Waals surface area contributed by atoms with E-state index in [0.29, 0.717) is 71.0 Å². The summed E-state index contributed by atoms with van der Waals surface area (Å²) in [5, 5.41) is 0. The molecule has 83 heavy (non-hydrogen) atoms. The first-order chi connectivity index (χ1) is 38.8. The van der Waals surface area contributed by atoms with Crippen molar-refractivity contribution in [3.05, 3.63) is 152 Å². The second kappa shape index (κ2) is 30.9. The Hall–Kier alpha value is -2.80. The van der Waals surface area contributed by atoms with Crippen molar-refractivity contribution < 1.29 is 0 Å². The van der Waals surface area contributed by atoms with E-state index in [-0.39, 0.29) is 0 Å². The van der Waals surface area contributed by atoms with Crippen molar-refractivity contribution in [1.29, 1.82) is 0 Å². The highest BCUT2D eigenvalue weighted by atomic mass is 79.9. The van der Waals surface area contributed by atoms with Gasteiger partial charge in [0.2, 0.25) is 0 Å². The minimum atomic E-state index is -2.86. The van der Waals surface area contributed by atoms with Crippen molar-refractivity contribution in [1.82, 2.24) is 0 Å². The van der Waals surface area contributed by atoms with Crippen molar-refractivity contribution in [2.75, 3.05) is 0 Å². The van der Waals surface area contributed by atoms with Crippen molar-refractivity contribution in [2.45, 2.75) is 287 Å². The van der Waals surface area contributed by atoms with E-state index in [1.807, 2.05) is 0 Å². The predicted octanol–water partition coefficient (Wildman–Crippen LogP) is 28.5. The van der Waals surface area contributed by atoms with Crippen LogP contribution in [0.3, 0.4) is 0 Å². The van der Waals surface area contributed by atoms with Crippen LogP contribution < -0.4 is 0 Å². The molecule has 0 spiro atoms. The molecule has 5 heteroatoms. The van der Waals surface area contributed by atoms with Crippen molar-refractivity contribution >= 4 is 56.6 Å². The Morgan fingerprint density at radius 1 is 0.289 bits per heavy atom. The summed E-state index contributed by atoms with van der Waals surface area (Å²) in [5.41, 5.74) is 28.3. The summed E-state index contributed by atoms with van der Waals surface area (Å²) in [6, 6.07) is 35.0. The van der Waals surface area contributed by atoms with E-state index in [4.69, 9.17) is 30.6 Å². The molecule has 0 N–H and O–H groups in total. The minimum absolute atomic E-state index is 0.337. The standard InChI is InChI=1S/C72H98Br2S2Si.C6H14/c1-39(2)51-31-59(43(9)10)67(60(32-51)44(11)12)55-27-25-28-56(68-61(45(13)14)33-52(40(3)4)34-62(68)46(15)16)71(55)75-77(73,74)76-72-57(69-63(47(17)18)35-53(41(5)6)36-64(69)48(19)20)29-26-30-58(72)70-65(49(21)22)37-54(42(7)8)38-66(70)50(23)24;1-3-5-6-4-2/h25-50H,1-24H3;3-6H2,1-2H3. The molecule has 0 saturated heterocycles. The Balaban J connectivity index is 0.00000199. The first kappa shape index (κ1) is 71.0. The molecule has 0 aliphatic rings. The van der Waals surface area contributed by atoms with Crippen LogP contribution in [-0.2, 0) is 0 Å². The second-order valence-corrected chi connectivity index (χ2v) is 52.3. The summed E-state index contributed by atoms with van der Waals surface area (Å²) in [7, 11) is 0. The molecule has 0 amide bonds. The molecule has 6 aromatic carbocycles. The largest absolute Gasteiger partial charge is 0.328 e. The predicted molar refractivity (Wildman–Crippen MR) is 389 cm³/mol. The van der Waals surface area contributed by atoms with Crippen LogP contribution in [0.25, 0.3) is 44.5 Å². The Morgan fingerprint density at radius 3 is 0.590 bits per heavy atom. The lowest BCUT2D eigenvalue weighted by Gasteiger charge is -2.31. The molecule has 6 aromatic rings. The molecular weight excluding hydrogens is 1190 g/mol. The summed E-state index contributed by atoms with van der Waals surface area (Å²) in [4.78, 5) is 2.72. The van der Waals surface area contributed by atoms with E-state index in [1.165, 1.54) is 147 Å². The van der Waals surface area contributed by atoms with Gasteiger partial charge < -0.3 is 0 Å². The highest BCUT2D eigenvalue weighted by molar-refractivity contribution is 9.64. The van der Waals surface area contributed by atoms with Crippen molar-refractivity contribution in [2.24, 2.45) is 0 Å². The smallest absolute Gasteiger partial charge is 0.113 e. The van der Waals surface area contributed by atoms with Gasteiger partial charge in [-0.1, -0.05) is 321 Å². The van der Waals surface area contributed by atoms with E-state index in [2.05, 4.69) is 287 Å². The van der Waals surface area contributed by atoms with Crippen LogP contribution in [0.4, 0.5) is 0 Å². The van der Waals surface area contributed by atoms with Gasteiger partial charge in [-0.25, -0.2) is 0 Å². The third-order valence-electron chi connectivity index (χ3n) is 17.0. The maximum Gasteiger partial charge on any atom is 0.328 e. The van der Waals surface area contributed by atoms with Gasteiger partial charge in [-0.2, -0.15) is 0 Å². The van der Waals surface area contributed by atoms with Gasteiger partial charge in [0, 0.05) is 9.79 Å². The van der Waals surface area contributed by atoms with E-state index in [0.717, 1.165) is 0 Å². The zero-order chi connectivity index (χ0) is 62.3. The fourth-order valence-electron chi connectivity index (χ4n) is 11.9. The fraction of sp³-hybridized carbons (Fsp3) is 0.538. The molecule has 454 valence electrons. The van der Waals surface area contributed by atoms with Gasteiger partial charge in [0.1, 0.15) is 0 Å². The number of rotatable bonds is 23. The Kier molecular flexibility index (Phi) is 26.4. The van der Waals surface area contributed by atoms with Crippen LogP contribution in [0, 0.1) is 0 Å². The normalized spacial score (nSPS) is 12.5. The summed E-state index contributed by atoms with van der Waals surface area (Å²) in [6.07, 6.45) is 5.54. The minimum Gasteiger partial charge on any atom is -0.113 e. The molecule has 0 bridgehead atoms. The number of halogens is 2. The average Bonchev–Trinajstić information content (AvgIpc) is 3.40. The van der Waals surface area contributed by atoms with Crippen LogP contribution in [-0.4, -0.2) is 3.61 Å². The third kappa shape index (κ3) is 17.1. The van der Waals surface area contributed by atoms with Crippen molar-refractivity contribution in [3.8, 4) is 44.5 Å². The highest BCUT2D eigenvalue weighted by Gasteiger charge is 2.38. The zero-order valence-corrected chi connectivity index (χ0v) is 62.7. The second-order valence-electron chi connectivity index (χ2n) is 27.9. The van der Waals surface area contributed by atoms with Gasteiger partial charge in [-0.15, -0.1) is 22.4 Å². The topological polar surface area (TPSA) is 0 Å². The molecule has 0 fully saturated rings. The maximum absolute atomic E-state index is 4.77. The number of hydrogen-bond donors (Lipinski definition) is 0. The fourth-order valence-corrected chi connectivity index (χ4v) is 24.1. The van der Waals surface area contributed by atoms with Gasteiger partial charge in [0.15, 0.2) is 0 Å². The molecule has 0 heterocycles. The Bertz CT molecular complexity index is 2590. The number of hydrogen-bond acceptors (Lipinski definition) is 2. The van der Waals surface area contributed by atoms with Crippen LogP contribution in [0.2, 0.25) is 0 Å². The average molecular weight is 1300 g/mol. The first-order valence-corrected chi connectivity index (χ1v) is 42.1. The van der Waals surface area contributed by atoms with E-state index in [1.54, 1.807) is 0 Å². The van der Waals surface area contributed by atoms with Gasteiger partial charge >= 0.3 is 3.61 Å². The lowest BCUT2D eigenvalue weighted by atomic mass is 9.79. The van der Waals surface area contributed by atoms with Crippen LogP contribution in [0.1, 0.15) is 343 Å². The summed E-state index contributed by atoms with van der Waals surface area (Å²) in [6.45, 7) is 61.7. The lowest BCUT2D eigenvalue weighted by molar-refractivity contribution is 0.702. The molecule has 0 aliphatic carbocycles. The maximum atomic E-state index is 4.77. The molecule has 0 radical (unpaired) electrons. The van der Waals surface area contributed by atoms with E-state index >= 15 is 0 Å². The molecule has 0 aromatic heterocycles. The molecule has 6 rings (SSSR count). The van der Waals surface area contributed by atoms with E-state index < -0.39 is 3.61 Å². The van der Waals surface area contributed by atoms with Crippen LogP contribution in [0.5, 0.6) is 0 Å². The summed E-state index contributed by atoms with van der Waals surface area (Å²) < 4.78 is -2.86. The SMILES string of the molecule is CC(C)c1cc(C(C)C)c(-c2cccc(-c3c(C(C)C)cc(C(C)C)cc3C(C)C)c2S[Si](Br)(Br)Sc2c(-c3c(C(C)C)cc(C(C)C)cc3C(C)C)cccc2-c2c(C(C)C)cc(C(C)C)cc2C(C)C)c(C(C)C)c1.CCCCCC. The number of unbranched alkanes of at least 4 members (excludes halogenated alkanes) is 3. The lowest BCUT2D eigenvalue weighted by Crippen LogP contribution is -2.12. The quantitative estimate of drug-likeness (QED) is 0.0356. The summed E-state index contributed by atoms with van der Waals surface area (Å²) in [5.74, 6) is 4.42. The van der Waals surface area contributed by atoms with Gasteiger partial charge in [-0.05, 0) is 182 Å². The van der Waals surface area contributed by atoms with Crippen molar-refractivity contribution in [3.63, 3.8) is 0 Å². The number of benzene rings is 6. The first-order valence-electron chi connectivity index (χ1n) is 32.5. The molecule has 0 saturated carbocycles. The molecular formula is C78H112Br2S2Si. The van der Waals surface area contributed by atoms with Crippen LogP contribution in [0.15, 0.2) is 94.7 Å².